The molecule has 1 N–H and O–H groups in total. The van der Waals surface area contributed by atoms with Crippen molar-refractivity contribution in [2.45, 2.75) is 18.5 Å². The van der Waals surface area contributed by atoms with Gasteiger partial charge >= 0.3 is 0 Å². The Balaban J connectivity index is 1.60. The number of hydrogen-bond acceptors (Lipinski definition) is 4. The molecule has 2 saturated heterocycles. The fourth-order valence-electron chi connectivity index (χ4n) is 3.08. The van der Waals surface area contributed by atoms with Crippen LogP contribution in [0.25, 0.3) is 11.3 Å². The lowest BCUT2D eigenvalue weighted by Gasteiger charge is -2.27. The number of nitrogens with one attached hydrogen (secondary N) is 1. The van der Waals surface area contributed by atoms with Crippen molar-refractivity contribution < 1.29 is 0 Å². The van der Waals surface area contributed by atoms with E-state index < -0.39 is 0 Å². The number of fused-ring (bicyclic) bond motifs is 2. The molecule has 4 nitrogen and oxygen atoms in total. The van der Waals surface area contributed by atoms with Gasteiger partial charge in [0.05, 0.1) is 5.69 Å². The average molecular weight is 252 g/mol. The van der Waals surface area contributed by atoms with Gasteiger partial charge in [-0.2, -0.15) is 0 Å². The Kier molecular flexibility index (Phi) is 2.48. The molecule has 0 radical (unpaired) electrons. The second kappa shape index (κ2) is 4.31. The lowest BCUT2D eigenvalue weighted by Crippen LogP contribution is -2.44. The summed E-state index contributed by atoms with van der Waals surface area (Å²) >= 11 is 0. The summed E-state index contributed by atoms with van der Waals surface area (Å²) in [4.78, 5) is 2.38. The highest BCUT2D eigenvalue weighted by Crippen LogP contribution is 2.28. The maximum Gasteiger partial charge on any atom is 0.151 e. The van der Waals surface area contributed by atoms with Crippen molar-refractivity contribution in [3.8, 4) is 11.3 Å². The van der Waals surface area contributed by atoms with Crippen LogP contribution in [0.3, 0.4) is 0 Å². The zero-order valence-electron chi connectivity index (χ0n) is 10.7. The maximum absolute atomic E-state index is 4.40. The Morgan fingerprint density at radius 1 is 1.05 bits per heavy atom. The third-order valence-electron chi connectivity index (χ3n) is 4.07. The predicted molar refractivity (Wildman–Crippen MR) is 75.0 cm³/mol. The van der Waals surface area contributed by atoms with E-state index in [1.807, 2.05) is 18.2 Å². The number of nitrogens with zero attached hydrogens (tertiary/aromatic N) is 3. The highest BCUT2D eigenvalue weighted by Gasteiger charge is 2.38. The zero-order valence-corrected chi connectivity index (χ0v) is 10.7. The highest BCUT2D eigenvalue weighted by molar-refractivity contribution is 5.59. The summed E-state index contributed by atoms with van der Waals surface area (Å²) < 4.78 is 0. The topological polar surface area (TPSA) is 41.0 Å². The summed E-state index contributed by atoms with van der Waals surface area (Å²) in [6.45, 7) is 2.14. The van der Waals surface area contributed by atoms with Crippen LogP contribution in [-0.4, -0.2) is 35.4 Å². The Morgan fingerprint density at radius 3 is 2.58 bits per heavy atom. The van der Waals surface area contributed by atoms with Crippen LogP contribution in [0.1, 0.15) is 6.42 Å². The molecule has 0 aliphatic carbocycles. The third kappa shape index (κ3) is 1.88. The lowest BCUT2D eigenvalue weighted by atomic mass is 10.1. The summed E-state index contributed by atoms with van der Waals surface area (Å²) in [6, 6.07) is 15.6. The lowest BCUT2D eigenvalue weighted by molar-refractivity contribution is 0.574. The Morgan fingerprint density at radius 2 is 1.95 bits per heavy atom. The fraction of sp³-hybridized carbons (Fsp3) is 0.333. The molecule has 2 atom stereocenters. The number of piperazine rings is 1. The zero-order chi connectivity index (χ0) is 12.7. The first-order chi connectivity index (χ1) is 9.40. The van der Waals surface area contributed by atoms with Gasteiger partial charge in [-0.05, 0) is 18.6 Å². The molecule has 4 heteroatoms. The molecule has 0 spiro atoms. The quantitative estimate of drug-likeness (QED) is 0.883. The smallest absolute Gasteiger partial charge is 0.151 e. The van der Waals surface area contributed by atoms with Crippen LogP contribution < -0.4 is 10.2 Å². The Labute approximate surface area is 112 Å². The third-order valence-corrected chi connectivity index (χ3v) is 4.07. The predicted octanol–water partition coefficient (Wildman–Crippen LogP) is 1.69. The second-order valence-corrected chi connectivity index (χ2v) is 5.29. The maximum atomic E-state index is 4.40. The molecule has 2 unspecified atom stereocenters. The Bertz CT molecular complexity index is 566. The molecule has 19 heavy (non-hydrogen) atoms. The van der Waals surface area contributed by atoms with Crippen LogP contribution in [0.2, 0.25) is 0 Å². The molecule has 2 bridgehead atoms. The van der Waals surface area contributed by atoms with Crippen molar-refractivity contribution in [3.05, 3.63) is 42.5 Å². The number of benzene rings is 1. The van der Waals surface area contributed by atoms with Gasteiger partial charge in [0.25, 0.3) is 0 Å². The summed E-state index contributed by atoms with van der Waals surface area (Å²) in [5.74, 6) is 1.01. The van der Waals surface area contributed by atoms with E-state index in [9.17, 15) is 0 Å². The van der Waals surface area contributed by atoms with E-state index in [0.717, 1.165) is 30.2 Å². The van der Waals surface area contributed by atoms with Crippen molar-refractivity contribution in [3.63, 3.8) is 0 Å². The molecule has 96 valence electrons. The first-order valence-electron chi connectivity index (χ1n) is 6.79. The van der Waals surface area contributed by atoms with E-state index in [0.29, 0.717) is 12.1 Å². The Hall–Kier alpha value is -1.94. The monoisotopic (exact) mass is 252 g/mol. The van der Waals surface area contributed by atoms with Crippen molar-refractivity contribution in [2.24, 2.45) is 0 Å². The van der Waals surface area contributed by atoms with E-state index in [1.54, 1.807) is 0 Å². The summed E-state index contributed by atoms with van der Waals surface area (Å²) in [6.07, 6.45) is 1.24. The van der Waals surface area contributed by atoms with Gasteiger partial charge in [0.2, 0.25) is 0 Å². The summed E-state index contributed by atoms with van der Waals surface area (Å²) in [7, 11) is 0. The van der Waals surface area contributed by atoms with E-state index in [2.05, 4.69) is 44.7 Å². The van der Waals surface area contributed by atoms with Crippen LogP contribution in [0.15, 0.2) is 42.5 Å². The SMILES string of the molecule is c1ccc(-c2ccc(N3CC4CC3CN4)nn2)cc1. The van der Waals surface area contributed by atoms with Crippen LogP contribution >= 0.6 is 0 Å². The minimum Gasteiger partial charge on any atom is -0.349 e. The van der Waals surface area contributed by atoms with E-state index in [4.69, 9.17) is 0 Å². The van der Waals surface area contributed by atoms with Gasteiger partial charge in [-0.15, -0.1) is 10.2 Å². The molecule has 1 aromatic carbocycles. The van der Waals surface area contributed by atoms with E-state index in [-0.39, 0.29) is 0 Å². The molecule has 4 rings (SSSR count). The minimum absolute atomic E-state index is 0.599. The molecule has 2 aliphatic rings. The van der Waals surface area contributed by atoms with Gasteiger partial charge in [0, 0.05) is 30.7 Å². The van der Waals surface area contributed by atoms with Gasteiger partial charge in [-0.3, -0.25) is 0 Å². The largest absolute Gasteiger partial charge is 0.349 e. The van der Waals surface area contributed by atoms with Crippen molar-refractivity contribution in [1.82, 2.24) is 15.5 Å². The number of aromatic nitrogens is 2. The molecule has 0 saturated carbocycles. The van der Waals surface area contributed by atoms with Crippen LogP contribution in [0.4, 0.5) is 5.82 Å². The van der Waals surface area contributed by atoms with Crippen molar-refractivity contribution in [2.75, 3.05) is 18.0 Å². The van der Waals surface area contributed by atoms with Gasteiger partial charge < -0.3 is 10.2 Å². The van der Waals surface area contributed by atoms with Crippen molar-refractivity contribution >= 4 is 5.82 Å². The molecule has 3 heterocycles. The van der Waals surface area contributed by atoms with Crippen LogP contribution in [0, 0.1) is 0 Å². The first kappa shape index (κ1) is 10.9. The summed E-state index contributed by atoms with van der Waals surface area (Å²) in [5.41, 5.74) is 2.05. The summed E-state index contributed by atoms with van der Waals surface area (Å²) in [5, 5.41) is 12.3. The number of anilines is 1. The molecule has 0 amide bonds. The second-order valence-electron chi connectivity index (χ2n) is 5.29. The van der Waals surface area contributed by atoms with Crippen LogP contribution in [-0.2, 0) is 0 Å². The number of hydrogen-bond donors (Lipinski definition) is 1. The van der Waals surface area contributed by atoms with E-state index in [1.165, 1.54) is 6.42 Å². The standard InChI is InChI=1S/C15H16N4/c1-2-4-11(5-3-1)14-6-7-15(18-17-14)19-10-12-8-13(19)9-16-12/h1-7,12-13,16H,8-10H2. The van der Waals surface area contributed by atoms with Gasteiger partial charge in [0.1, 0.15) is 0 Å². The molecule has 2 aromatic rings. The molecular weight excluding hydrogens is 236 g/mol. The highest BCUT2D eigenvalue weighted by atomic mass is 15.3. The van der Waals surface area contributed by atoms with Gasteiger partial charge in [-0.1, -0.05) is 30.3 Å². The van der Waals surface area contributed by atoms with Crippen LogP contribution in [0.5, 0.6) is 0 Å². The van der Waals surface area contributed by atoms with E-state index >= 15 is 0 Å². The molecule has 1 aromatic heterocycles. The molecule has 2 aliphatic heterocycles. The van der Waals surface area contributed by atoms with Gasteiger partial charge in [0.15, 0.2) is 5.82 Å². The number of rotatable bonds is 2. The fourth-order valence-corrected chi connectivity index (χ4v) is 3.08. The van der Waals surface area contributed by atoms with Gasteiger partial charge in [-0.25, -0.2) is 0 Å². The molecule has 2 fully saturated rings. The minimum atomic E-state index is 0.599. The first-order valence-corrected chi connectivity index (χ1v) is 6.79. The molecular formula is C15H16N4. The van der Waals surface area contributed by atoms with Crippen molar-refractivity contribution in [1.29, 1.82) is 0 Å². The normalized spacial score (nSPS) is 24.9. The average Bonchev–Trinajstić information content (AvgIpc) is 3.11.